The van der Waals surface area contributed by atoms with Gasteiger partial charge in [0.2, 0.25) is 0 Å². The molecule has 3 nitrogen and oxygen atoms in total. The van der Waals surface area contributed by atoms with Gasteiger partial charge < -0.3 is 9.47 Å². The second-order valence-corrected chi connectivity index (χ2v) is 4.57. The Morgan fingerprint density at radius 3 is 3.00 bits per heavy atom. The molecule has 2 aromatic rings. The van der Waals surface area contributed by atoms with E-state index < -0.39 is 0 Å². The van der Waals surface area contributed by atoms with Gasteiger partial charge >= 0.3 is 0 Å². The third-order valence-corrected chi connectivity index (χ3v) is 3.79. The summed E-state index contributed by atoms with van der Waals surface area (Å²) in [6, 6.07) is 0. The van der Waals surface area contributed by atoms with E-state index in [1.807, 2.05) is 10.8 Å². The minimum atomic E-state index is 0.627. The lowest BCUT2D eigenvalue weighted by atomic mass is 10.4. The van der Waals surface area contributed by atoms with Crippen molar-refractivity contribution in [3.63, 3.8) is 0 Å². The van der Waals surface area contributed by atoms with Crippen molar-refractivity contribution in [2.24, 2.45) is 0 Å². The van der Waals surface area contributed by atoms with Gasteiger partial charge in [0, 0.05) is 17.0 Å². The van der Waals surface area contributed by atoms with Gasteiger partial charge in [-0.25, -0.2) is 4.98 Å². The minimum Gasteiger partial charge on any atom is -0.485 e. The second-order valence-electron chi connectivity index (χ2n) is 2.79. The summed E-state index contributed by atoms with van der Waals surface area (Å²) in [7, 11) is 0. The standard InChI is InChI=1S/C9H7NO2S2/c1-4-13-9(10-1)8-7-6(5-14-8)11-2-3-12-7/h1,4-5H,2-3H2. The molecule has 3 rings (SSSR count). The molecule has 0 atom stereocenters. The summed E-state index contributed by atoms with van der Waals surface area (Å²) in [5, 5.41) is 4.94. The highest BCUT2D eigenvalue weighted by molar-refractivity contribution is 7.20. The molecule has 14 heavy (non-hydrogen) atoms. The summed E-state index contributed by atoms with van der Waals surface area (Å²) in [4.78, 5) is 5.34. The van der Waals surface area contributed by atoms with Crippen molar-refractivity contribution in [3.05, 3.63) is 17.0 Å². The lowest BCUT2D eigenvalue weighted by Crippen LogP contribution is -2.14. The van der Waals surface area contributed by atoms with Gasteiger partial charge in [-0.05, 0) is 0 Å². The van der Waals surface area contributed by atoms with Gasteiger partial charge in [0.25, 0.3) is 0 Å². The SMILES string of the molecule is c1csc(-c2scc3c2OCCO3)n1. The molecule has 0 radical (unpaired) electrons. The van der Waals surface area contributed by atoms with Crippen molar-refractivity contribution in [1.82, 2.24) is 4.98 Å². The van der Waals surface area contributed by atoms with Crippen molar-refractivity contribution >= 4 is 22.7 Å². The van der Waals surface area contributed by atoms with E-state index >= 15 is 0 Å². The van der Waals surface area contributed by atoms with Crippen LogP contribution in [-0.2, 0) is 0 Å². The zero-order valence-corrected chi connectivity index (χ0v) is 8.86. The van der Waals surface area contributed by atoms with Gasteiger partial charge in [0.15, 0.2) is 11.5 Å². The molecule has 0 unspecified atom stereocenters. The van der Waals surface area contributed by atoms with E-state index in [4.69, 9.17) is 9.47 Å². The van der Waals surface area contributed by atoms with Crippen LogP contribution in [0.5, 0.6) is 11.5 Å². The van der Waals surface area contributed by atoms with Gasteiger partial charge in [-0.3, -0.25) is 0 Å². The molecule has 0 saturated carbocycles. The maximum atomic E-state index is 5.57. The molecule has 0 N–H and O–H groups in total. The first-order valence-corrected chi connectivity index (χ1v) is 5.98. The van der Waals surface area contributed by atoms with E-state index in [0.29, 0.717) is 13.2 Å². The predicted octanol–water partition coefficient (Wildman–Crippen LogP) is 2.64. The minimum absolute atomic E-state index is 0.627. The van der Waals surface area contributed by atoms with Crippen molar-refractivity contribution in [3.8, 4) is 21.4 Å². The Morgan fingerprint density at radius 1 is 1.21 bits per heavy atom. The highest BCUT2D eigenvalue weighted by Crippen LogP contribution is 2.45. The topological polar surface area (TPSA) is 31.4 Å². The fourth-order valence-corrected chi connectivity index (χ4v) is 3.03. The quantitative estimate of drug-likeness (QED) is 0.747. The molecular formula is C9H7NO2S2. The Morgan fingerprint density at radius 2 is 2.14 bits per heavy atom. The molecule has 0 fully saturated rings. The van der Waals surface area contributed by atoms with Crippen LogP contribution in [0, 0.1) is 0 Å². The van der Waals surface area contributed by atoms with E-state index in [0.717, 1.165) is 21.4 Å². The molecule has 5 heteroatoms. The van der Waals surface area contributed by atoms with E-state index in [2.05, 4.69) is 4.98 Å². The molecule has 2 aromatic heterocycles. The van der Waals surface area contributed by atoms with Crippen LogP contribution in [0.25, 0.3) is 9.88 Å². The van der Waals surface area contributed by atoms with Crippen molar-refractivity contribution in [2.45, 2.75) is 0 Å². The number of rotatable bonds is 1. The lowest BCUT2D eigenvalue weighted by Gasteiger charge is -2.15. The van der Waals surface area contributed by atoms with Gasteiger partial charge in [-0.1, -0.05) is 0 Å². The molecular weight excluding hydrogens is 218 g/mol. The Kier molecular flexibility index (Phi) is 1.92. The number of fused-ring (bicyclic) bond motifs is 1. The summed E-state index contributed by atoms with van der Waals surface area (Å²) in [5.74, 6) is 1.71. The van der Waals surface area contributed by atoms with Crippen LogP contribution in [-0.4, -0.2) is 18.2 Å². The number of hydrogen-bond acceptors (Lipinski definition) is 5. The Bertz CT molecular complexity index is 436. The molecule has 0 bridgehead atoms. The highest BCUT2D eigenvalue weighted by Gasteiger charge is 2.20. The first-order valence-electron chi connectivity index (χ1n) is 4.22. The van der Waals surface area contributed by atoms with Crippen molar-refractivity contribution < 1.29 is 9.47 Å². The van der Waals surface area contributed by atoms with Crippen LogP contribution >= 0.6 is 22.7 Å². The average Bonchev–Trinajstić information content (AvgIpc) is 2.85. The summed E-state index contributed by atoms with van der Waals surface area (Å²) >= 11 is 3.24. The fourth-order valence-electron chi connectivity index (χ4n) is 1.35. The van der Waals surface area contributed by atoms with Gasteiger partial charge in [0.05, 0.1) is 0 Å². The maximum absolute atomic E-state index is 5.57. The zero-order chi connectivity index (χ0) is 9.38. The van der Waals surface area contributed by atoms with E-state index in [1.165, 1.54) is 0 Å². The molecule has 0 amide bonds. The van der Waals surface area contributed by atoms with E-state index in [9.17, 15) is 0 Å². The number of thiophene rings is 1. The monoisotopic (exact) mass is 225 g/mol. The van der Waals surface area contributed by atoms with Crippen LogP contribution in [0.4, 0.5) is 0 Å². The first-order chi connectivity index (χ1) is 6.95. The number of aromatic nitrogens is 1. The molecule has 1 aliphatic heterocycles. The molecule has 0 spiro atoms. The maximum Gasteiger partial charge on any atom is 0.182 e. The van der Waals surface area contributed by atoms with E-state index in [1.54, 1.807) is 28.9 Å². The smallest absolute Gasteiger partial charge is 0.182 e. The largest absolute Gasteiger partial charge is 0.485 e. The predicted molar refractivity (Wildman–Crippen MR) is 56.4 cm³/mol. The number of hydrogen-bond donors (Lipinski definition) is 0. The first kappa shape index (κ1) is 8.26. The van der Waals surface area contributed by atoms with Gasteiger partial charge in [-0.2, -0.15) is 0 Å². The molecule has 1 aliphatic rings. The Balaban J connectivity index is 2.11. The zero-order valence-electron chi connectivity index (χ0n) is 7.23. The van der Waals surface area contributed by atoms with Crippen LogP contribution in [0.2, 0.25) is 0 Å². The van der Waals surface area contributed by atoms with E-state index in [-0.39, 0.29) is 0 Å². The highest BCUT2D eigenvalue weighted by atomic mass is 32.1. The second kappa shape index (κ2) is 3.25. The summed E-state index contributed by atoms with van der Waals surface area (Å²) in [6.07, 6.45) is 1.80. The van der Waals surface area contributed by atoms with Crippen LogP contribution in [0.1, 0.15) is 0 Å². The summed E-state index contributed by atoms with van der Waals surface area (Å²) in [5.41, 5.74) is 0. The number of ether oxygens (including phenoxy) is 2. The van der Waals surface area contributed by atoms with Gasteiger partial charge in [-0.15, -0.1) is 22.7 Å². The Labute approximate surface area is 88.9 Å². The third-order valence-electron chi connectivity index (χ3n) is 1.93. The van der Waals surface area contributed by atoms with Crippen molar-refractivity contribution in [1.29, 1.82) is 0 Å². The lowest BCUT2D eigenvalue weighted by molar-refractivity contribution is 0.174. The molecule has 72 valence electrons. The van der Waals surface area contributed by atoms with Gasteiger partial charge in [0.1, 0.15) is 23.1 Å². The number of thiazole rings is 1. The number of nitrogens with zero attached hydrogens (tertiary/aromatic N) is 1. The molecule has 0 saturated heterocycles. The summed E-state index contributed by atoms with van der Waals surface area (Å²) < 4.78 is 11.0. The summed E-state index contributed by atoms with van der Waals surface area (Å²) in [6.45, 7) is 1.27. The van der Waals surface area contributed by atoms with Crippen LogP contribution < -0.4 is 9.47 Å². The third kappa shape index (κ3) is 1.20. The van der Waals surface area contributed by atoms with Crippen molar-refractivity contribution in [2.75, 3.05) is 13.2 Å². The molecule has 0 aromatic carbocycles. The fraction of sp³-hybridized carbons (Fsp3) is 0.222. The van der Waals surface area contributed by atoms with Crippen LogP contribution in [0.3, 0.4) is 0 Å². The molecule has 3 heterocycles. The average molecular weight is 225 g/mol. The normalized spacial score (nSPS) is 14.3. The Hall–Kier alpha value is -1.07. The molecule has 0 aliphatic carbocycles. The van der Waals surface area contributed by atoms with Crippen LogP contribution in [0.15, 0.2) is 17.0 Å².